The van der Waals surface area contributed by atoms with Crippen LogP contribution in [-0.2, 0) is 24.8 Å². The first-order valence-corrected chi connectivity index (χ1v) is 18.6. The zero-order valence-electron chi connectivity index (χ0n) is 30.4. The number of methoxy groups -OCH3 is 1. The van der Waals surface area contributed by atoms with Crippen LogP contribution in [0, 0.1) is 17.8 Å². The summed E-state index contributed by atoms with van der Waals surface area (Å²) >= 11 is 7.23. The van der Waals surface area contributed by atoms with Crippen molar-refractivity contribution < 1.29 is 23.4 Å². The maximum Gasteiger partial charge on any atom is 0.309 e. The zero-order valence-corrected chi connectivity index (χ0v) is 31.1. The molecule has 0 saturated heterocycles. The first-order valence-electron chi connectivity index (χ1n) is 18.2. The molecule has 0 unspecified atom stereocenters. The largest absolute Gasteiger partial charge is 0.481 e. The monoisotopic (exact) mass is 754 g/mol. The van der Waals surface area contributed by atoms with E-state index in [2.05, 4.69) is 26.4 Å². The van der Waals surface area contributed by atoms with E-state index < -0.39 is 29.1 Å². The minimum atomic E-state index is -2.84. The van der Waals surface area contributed by atoms with Crippen LogP contribution in [0.5, 0.6) is 5.88 Å². The van der Waals surface area contributed by atoms with Crippen molar-refractivity contribution >= 4 is 39.8 Å². The van der Waals surface area contributed by atoms with E-state index >= 15 is 0 Å². The maximum absolute atomic E-state index is 13.9. The minimum absolute atomic E-state index is 0.0183. The molecular weight excluding hydrogens is 714 g/mol. The lowest BCUT2D eigenvalue weighted by atomic mass is 9.80. The Labute approximate surface area is 316 Å². The molecule has 0 radical (unpaired) electrons. The number of carbonyl (C=O) groups is 1. The van der Waals surface area contributed by atoms with E-state index in [-0.39, 0.29) is 22.0 Å². The van der Waals surface area contributed by atoms with Crippen LogP contribution < -0.4 is 15.6 Å². The fraction of sp³-hybridized carbons (Fsp3) is 0.390. The lowest BCUT2D eigenvalue weighted by molar-refractivity contribution is -0.148. The number of aryl methyl sites for hydroxylation is 1. The molecule has 2 N–H and O–H groups in total. The van der Waals surface area contributed by atoms with Crippen molar-refractivity contribution in [3.63, 3.8) is 0 Å². The molecule has 0 atom stereocenters. The second-order valence-corrected chi connectivity index (χ2v) is 15.6. The van der Waals surface area contributed by atoms with Crippen LogP contribution in [0.1, 0.15) is 67.3 Å². The van der Waals surface area contributed by atoms with E-state index in [0.717, 1.165) is 103 Å². The Morgan fingerprint density at radius 1 is 1.07 bits per heavy atom. The van der Waals surface area contributed by atoms with E-state index in [9.17, 15) is 23.5 Å². The molecule has 13 heteroatoms. The SMILES string of the molecule is COc1nc(-c2cccc(-c3cccc(Nc4nc(C(F)F)cc5cnn(C)c(=O)c45)c3C)c2Cl)cc2c1CCN(CCC13CCC(C(=O)O)(CC1)C3)C2. The number of aromatic nitrogens is 4. The summed E-state index contributed by atoms with van der Waals surface area (Å²) in [4.78, 5) is 36.6. The van der Waals surface area contributed by atoms with Gasteiger partial charge in [0, 0.05) is 47.9 Å². The summed E-state index contributed by atoms with van der Waals surface area (Å²) in [5.41, 5.74) is 5.24. The van der Waals surface area contributed by atoms with Gasteiger partial charge in [-0.1, -0.05) is 41.9 Å². The van der Waals surface area contributed by atoms with Crippen molar-refractivity contribution in [3.05, 3.63) is 92.5 Å². The molecule has 4 heterocycles. The van der Waals surface area contributed by atoms with Gasteiger partial charge in [-0.25, -0.2) is 23.4 Å². The highest BCUT2D eigenvalue weighted by molar-refractivity contribution is 6.36. The Morgan fingerprint density at radius 2 is 1.81 bits per heavy atom. The summed E-state index contributed by atoms with van der Waals surface area (Å²) in [6, 6.07) is 14.6. The van der Waals surface area contributed by atoms with Crippen LogP contribution in [0.15, 0.2) is 59.5 Å². The van der Waals surface area contributed by atoms with Crippen LogP contribution in [0.3, 0.4) is 0 Å². The number of fused-ring (bicyclic) bond motifs is 4. The first kappa shape index (κ1) is 36.1. The maximum atomic E-state index is 13.9. The third kappa shape index (κ3) is 6.18. The Morgan fingerprint density at radius 3 is 2.54 bits per heavy atom. The standard InChI is InChI=1S/C41H41ClF2N6O4/c1-23-26(6-5-9-30(23)46-36-33-24(18-32(47-36)35(43)44)20-45-49(2)38(33)51)28-7-4-8-29(34(28)42)31-19-25-21-50(16-10-27(25)37(48-31)54-3)17-15-40-11-13-41(22-40,14-12-40)39(52)53/h4-9,18-20,35H,10-17,21-22H2,1-3H3,(H,46,47)(H,52,53). The minimum Gasteiger partial charge on any atom is -0.481 e. The highest BCUT2D eigenvalue weighted by atomic mass is 35.5. The van der Waals surface area contributed by atoms with E-state index in [1.165, 1.54) is 19.3 Å². The molecule has 2 fully saturated rings. The Balaban J connectivity index is 1.09. The molecule has 5 aromatic rings. The number of rotatable bonds is 10. The molecule has 10 nitrogen and oxygen atoms in total. The number of carboxylic acids is 1. The van der Waals surface area contributed by atoms with Gasteiger partial charge in [0.1, 0.15) is 11.5 Å². The molecule has 1 aliphatic heterocycles. The van der Waals surface area contributed by atoms with Gasteiger partial charge in [-0.15, -0.1) is 0 Å². The van der Waals surface area contributed by atoms with Crippen LogP contribution in [0.2, 0.25) is 5.02 Å². The van der Waals surface area contributed by atoms with E-state index in [1.54, 1.807) is 13.2 Å². The highest BCUT2D eigenvalue weighted by Gasteiger charge is 2.57. The van der Waals surface area contributed by atoms with Crippen LogP contribution in [0.4, 0.5) is 20.3 Å². The number of benzene rings is 2. The van der Waals surface area contributed by atoms with E-state index in [1.807, 2.05) is 37.3 Å². The van der Waals surface area contributed by atoms with Crippen molar-refractivity contribution in [1.29, 1.82) is 0 Å². The third-order valence-corrected chi connectivity index (χ3v) is 12.6. The molecular formula is C41H41ClF2N6O4. The van der Waals surface area contributed by atoms with Gasteiger partial charge < -0.3 is 15.2 Å². The number of anilines is 2. The molecule has 3 aromatic heterocycles. The van der Waals surface area contributed by atoms with E-state index in [0.29, 0.717) is 22.3 Å². The molecule has 2 aliphatic carbocycles. The topological polar surface area (TPSA) is 122 Å². The summed E-state index contributed by atoms with van der Waals surface area (Å²) in [6.07, 6.45) is 4.72. The van der Waals surface area contributed by atoms with Crippen molar-refractivity contribution in [1.82, 2.24) is 24.6 Å². The lowest BCUT2D eigenvalue weighted by Crippen LogP contribution is -2.34. The molecule has 0 amide bonds. The normalized spacial score (nSPS) is 20.8. The second kappa shape index (κ2) is 13.7. The Kier molecular flexibility index (Phi) is 9.16. The molecule has 2 saturated carbocycles. The fourth-order valence-corrected chi connectivity index (χ4v) is 9.38. The van der Waals surface area contributed by atoms with Crippen molar-refractivity contribution in [3.8, 4) is 28.3 Å². The van der Waals surface area contributed by atoms with Gasteiger partial charge in [0.25, 0.3) is 12.0 Å². The number of ether oxygens (including phenoxy) is 1. The third-order valence-electron chi connectivity index (χ3n) is 12.2. The van der Waals surface area contributed by atoms with Gasteiger partial charge in [-0.2, -0.15) is 5.10 Å². The molecule has 280 valence electrons. The van der Waals surface area contributed by atoms with Gasteiger partial charge in [-0.05, 0) is 98.7 Å². The smallest absolute Gasteiger partial charge is 0.309 e. The number of hydrogen-bond acceptors (Lipinski definition) is 8. The van der Waals surface area contributed by atoms with Crippen LogP contribution in [-0.4, -0.2) is 55.9 Å². The highest BCUT2D eigenvalue weighted by Crippen LogP contribution is 2.63. The Hall–Kier alpha value is -4.94. The predicted molar refractivity (Wildman–Crippen MR) is 204 cm³/mol. The summed E-state index contributed by atoms with van der Waals surface area (Å²) in [5.74, 6) is -0.0300. The van der Waals surface area contributed by atoms with Crippen molar-refractivity contribution in [2.24, 2.45) is 17.9 Å². The summed E-state index contributed by atoms with van der Waals surface area (Å²) < 4.78 is 34.7. The molecule has 0 spiro atoms. The second-order valence-electron chi connectivity index (χ2n) is 15.2. The number of nitrogens with zero attached hydrogens (tertiary/aromatic N) is 5. The van der Waals surface area contributed by atoms with Crippen molar-refractivity contribution in [2.45, 2.75) is 64.8 Å². The quantitative estimate of drug-likeness (QED) is 0.145. The zero-order chi connectivity index (χ0) is 37.9. The molecule has 54 heavy (non-hydrogen) atoms. The number of alkyl halides is 2. The summed E-state index contributed by atoms with van der Waals surface area (Å²) in [7, 11) is 3.13. The predicted octanol–water partition coefficient (Wildman–Crippen LogP) is 8.49. The van der Waals surface area contributed by atoms with E-state index in [4.69, 9.17) is 21.3 Å². The number of carboxylic acid groups (broad SMARTS) is 1. The average molecular weight is 755 g/mol. The van der Waals surface area contributed by atoms with Crippen LogP contribution >= 0.6 is 11.6 Å². The number of hydrogen-bond donors (Lipinski definition) is 2. The number of aliphatic carboxylic acids is 1. The number of halogens is 3. The molecule has 3 aliphatic rings. The fourth-order valence-electron chi connectivity index (χ4n) is 9.05. The van der Waals surface area contributed by atoms with Gasteiger partial charge >= 0.3 is 5.97 Å². The average Bonchev–Trinajstić information content (AvgIpc) is 3.74. The Bertz CT molecular complexity index is 2380. The number of nitrogens with one attached hydrogen (secondary N) is 1. The summed E-state index contributed by atoms with van der Waals surface area (Å²) in [6.45, 7) is 4.43. The van der Waals surface area contributed by atoms with Gasteiger partial charge in [0.05, 0.1) is 34.8 Å². The number of pyridine rings is 2. The molecule has 2 aromatic carbocycles. The van der Waals surface area contributed by atoms with Crippen molar-refractivity contribution in [2.75, 3.05) is 25.5 Å². The van der Waals surface area contributed by atoms with Crippen LogP contribution in [0.25, 0.3) is 33.2 Å². The molecule has 2 bridgehead atoms. The summed E-state index contributed by atoms with van der Waals surface area (Å²) in [5, 5.41) is 18.0. The molecule has 8 rings (SSSR count). The van der Waals surface area contributed by atoms with Gasteiger partial charge in [-0.3, -0.25) is 14.5 Å². The lowest BCUT2D eigenvalue weighted by Gasteiger charge is -2.33. The van der Waals surface area contributed by atoms with Gasteiger partial charge in [0.15, 0.2) is 0 Å². The van der Waals surface area contributed by atoms with Gasteiger partial charge in [0.2, 0.25) is 5.88 Å². The first-order chi connectivity index (χ1) is 25.9.